The lowest BCUT2D eigenvalue weighted by molar-refractivity contribution is -0.137. The van der Waals surface area contributed by atoms with Crippen LogP contribution in [0.3, 0.4) is 0 Å². The SMILES string of the molecule is CC(C)COc1ccc(Nc2ncc(C(F)(F)F)c(Nc3cccc(C4CCCC4)c3)n2)cc1. The Balaban J connectivity index is 1.54. The van der Waals surface area contributed by atoms with Crippen LogP contribution < -0.4 is 15.4 Å². The molecule has 5 nitrogen and oxygen atoms in total. The van der Waals surface area contributed by atoms with Gasteiger partial charge in [0, 0.05) is 17.6 Å². The molecule has 3 aromatic rings. The summed E-state index contributed by atoms with van der Waals surface area (Å²) in [6.07, 6.45) is 0.816. The monoisotopic (exact) mass is 470 g/mol. The summed E-state index contributed by atoms with van der Waals surface area (Å²) in [4.78, 5) is 8.05. The molecule has 0 amide bonds. The minimum absolute atomic E-state index is 0.0679. The molecule has 4 rings (SSSR count). The van der Waals surface area contributed by atoms with Gasteiger partial charge in [-0.2, -0.15) is 18.2 Å². The van der Waals surface area contributed by atoms with E-state index in [2.05, 4.69) is 34.4 Å². The van der Waals surface area contributed by atoms with Gasteiger partial charge in [-0.05, 0) is 66.6 Å². The highest BCUT2D eigenvalue weighted by Crippen LogP contribution is 2.37. The van der Waals surface area contributed by atoms with Gasteiger partial charge in [-0.3, -0.25) is 0 Å². The van der Waals surface area contributed by atoms with Gasteiger partial charge in [-0.1, -0.05) is 38.8 Å². The zero-order valence-electron chi connectivity index (χ0n) is 19.3. The fraction of sp³-hybridized carbons (Fsp3) is 0.385. The van der Waals surface area contributed by atoms with Gasteiger partial charge >= 0.3 is 6.18 Å². The van der Waals surface area contributed by atoms with Crippen LogP contribution in [0.2, 0.25) is 0 Å². The van der Waals surface area contributed by atoms with E-state index in [4.69, 9.17) is 4.74 Å². The molecule has 0 bridgehead atoms. The lowest BCUT2D eigenvalue weighted by atomic mass is 9.97. The molecule has 180 valence electrons. The molecule has 1 saturated carbocycles. The van der Waals surface area contributed by atoms with Crippen molar-refractivity contribution in [1.29, 1.82) is 0 Å². The third-order valence-electron chi connectivity index (χ3n) is 5.76. The summed E-state index contributed by atoms with van der Waals surface area (Å²) < 4.78 is 46.6. The average Bonchev–Trinajstić information content (AvgIpc) is 3.33. The van der Waals surface area contributed by atoms with Crippen LogP contribution in [0.5, 0.6) is 5.75 Å². The van der Waals surface area contributed by atoms with E-state index in [-0.39, 0.29) is 11.8 Å². The molecule has 2 N–H and O–H groups in total. The summed E-state index contributed by atoms with van der Waals surface area (Å²) in [5.41, 5.74) is 1.45. The van der Waals surface area contributed by atoms with E-state index < -0.39 is 11.7 Å². The minimum atomic E-state index is -4.58. The Kier molecular flexibility index (Phi) is 7.24. The normalized spacial score (nSPS) is 14.4. The van der Waals surface area contributed by atoms with Crippen LogP contribution in [0.4, 0.5) is 36.3 Å². The molecule has 0 atom stereocenters. The number of anilines is 4. The summed E-state index contributed by atoms with van der Waals surface area (Å²) in [6.45, 7) is 4.73. The molecule has 2 aromatic carbocycles. The highest BCUT2D eigenvalue weighted by Gasteiger charge is 2.35. The molecule has 1 fully saturated rings. The number of alkyl halides is 3. The first-order chi connectivity index (χ1) is 16.3. The number of benzene rings is 2. The first-order valence-corrected chi connectivity index (χ1v) is 11.6. The number of rotatable bonds is 8. The predicted octanol–water partition coefficient (Wildman–Crippen LogP) is 7.68. The Morgan fingerprint density at radius 3 is 2.41 bits per heavy atom. The van der Waals surface area contributed by atoms with E-state index in [0.29, 0.717) is 29.8 Å². The van der Waals surface area contributed by atoms with Crippen molar-refractivity contribution in [3.8, 4) is 5.75 Å². The van der Waals surface area contributed by atoms with Crippen LogP contribution in [0.25, 0.3) is 0 Å². The highest BCUT2D eigenvalue weighted by atomic mass is 19.4. The second-order valence-electron chi connectivity index (χ2n) is 9.04. The maximum Gasteiger partial charge on any atom is 0.421 e. The number of nitrogens with one attached hydrogen (secondary N) is 2. The third-order valence-corrected chi connectivity index (χ3v) is 5.76. The van der Waals surface area contributed by atoms with Crippen LogP contribution in [-0.2, 0) is 6.18 Å². The lowest BCUT2D eigenvalue weighted by Crippen LogP contribution is -2.12. The first-order valence-electron chi connectivity index (χ1n) is 11.6. The molecule has 0 unspecified atom stereocenters. The quantitative estimate of drug-likeness (QED) is 0.354. The van der Waals surface area contributed by atoms with Gasteiger partial charge < -0.3 is 15.4 Å². The van der Waals surface area contributed by atoms with Crippen LogP contribution >= 0.6 is 0 Å². The fourth-order valence-electron chi connectivity index (χ4n) is 4.04. The van der Waals surface area contributed by atoms with Crippen LogP contribution in [-0.4, -0.2) is 16.6 Å². The molecule has 0 radical (unpaired) electrons. The molecule has 34 heavy (non-hydrogen) atoms. The fourth-order valence-corrected chi connectivity index (χ4v) is 4.04. The molecule has 1 aliphatic carbocycles. The van der Waals surface area contributed by atoms with Crippen molar-refractivity contribution in [3.63, 3.8) is 0 Å². The van der Waals surface area contributed by atoms with Gasteiger partial charge in [0.1, 0.15) is 17.1 Å². The van der Waals surface area contributed by atoms with E-state index in [9.17, 15) is 13.2 Å². The van der Waals surface area contributed by atoms with E-state index in [1.807, 2.05) is 18.2 Å². The van der Waals surface area contributed by atoms with Gasteiger partial charge in [0.2, 0.25) is 5.95 Å². The summed E-state index contributed by atoms with van der Waals surface area (Å²) in [7, 11) is 0. The number of halogens is 3. The smallest absolute Gasteiger partial charge is 0.421 e. The van der Waals surface area contributed by atoms with Crippen molar-refractivity contribution < 1.29 is 17.9 Å². The maximum absolute atomic E-state index is 13.7. The van der Waals surface area contributed by atoms with Crippen molar-refractivity contribution in [2.75, 3.05) is 17.2 Å². The number of nitrogens with zero attached hydrogens (tertiary/aromatic N) is 2. The van der Waals surface area contributed by atoms with Gasteiger partial charge in [0.25, 0.3) is 0 Å². The van der Waals surface area contributed by atoms with Crippen molar-refractivity contribution in [2.45, 2.75) is 51.6 Å². The molecule has 8 heteroatoms. The summed E-state index contributed by atoms with van der Waals surface area (Å²) >= 11 is 0. The van der Waals surface area contributed by atoms with Crippen LogP contribution in [0, 0.1) is 5.92 Å². The van der Waals surface area contributed by atoms with E-state index in [0.717, 1.165) is 30.4 Å². The Hall–Kier alpha value is -3.29. The second kappa shape index (κ2) is 10.3. The topological polar surface area (TPSA) is 59.1 Å². The van der Waals surface area contributed by atoms with Gasteiger partial charge in [0.15, 0.2) is 0 Å². The van der Waals surface area contributed by atoms with Crippen molar-refractivity contribution in [3.05, 3.63) is 65.9 Å². The molecule has 0 aliphatic heterocycles. The van der Waals surface area contributed by atoms with Crippen molar-refractivity contribution in [1.82, 2.24) is 9.97 Å². The molecule has 1 aliphatic rings. The molecular formula is C26H29F3N4O. The molecule has 1 heterocycles. The minimum Gasteiger partial charge on any atom is -0.493 e. The number of aromatic nitrogens is 2. The summed E-state index contributed by atoms with van der Waals surface area (Å²) in [6, 6.07) is 14.7. The Labute approximate surface area is 197 Å². The third kappa shape index (κ3) is 6.18. The number of ether oxygens (including phenoxy) is 1. The summed E-state index contributed by atoms with van der Waals surface area (Å²) in [5, 5.41) is 5.85. The van der Waals surface area contributed by atoms with Gasteiger partial charge in [-0.15, -0.1) is 0 Å². The zero-order chi connectivity index (χ0) is 24.1. The standard InChI is InChI=1S/C26H29F3N4O/c1-17(2)16-34-22-12-10-20(11-13-22)32-25-30-15-23(26(27,28)29)24(33-25)31-21-9-5-8-19(14-21)18-6-3-4-7-18/h5,8-15,17-18H,3-4,6-7,16H2,1-2H3,(H2,30,31,32,33). The largest absolute Gasteiger partial charge is 0.493 e. The zero-order valence-corrected chi connectivity index (χ0v) is 19.3. The Morgan fingerprint density at radius 2 is 1.74 bits per heavy atom. The van der Waals surface area contributed by atoms with E-state index in [1.54, 1.807) is 30.3 Å². The Morgan fingerprint density at radius 1 is 1.00 bits per heavy atom. The molecular weight excluding hydrogens is 441 g/mol. The predicted molar refractivity (Wildman–Crippen MR) is 128 cm³/mol. The van der Waals surface area contributed by atoms with Gasteiger partial charge in [0.05, 0.1) is 6.61 Å². The highest BCUT2D eigenvalue weighted by molar-refractivity contribution is 5.63. The molecule has 0 saturated heterocycles. The van der Waals surface area contributed by atoms with Crippen LogP contribution in [0.1, 0.15) is 56.6 Å². The first kappa shape index (κ1) is 23.9. The second-order valence-corrected chi connectivity index (χ2v) is 9.04. The molecule has 0 spiro atoms. The van der Waals surface area contributed by atoms with Crippen molar-refractivity contribution >= 4 is 23.1 Å². The molecule has 1 aromatic heterocycles. The maximum atomic E-state index is 13.7. The van der Waals surface area contributed by atoms with E-state index >= 15 is 0 Å². The lowest BCUT2D eigenvalue weighted by Gasteiger charge is -2.16. The van der Waals surface area contributed by atoms with E-state index in [1.165, 1.54) is 12.8 Å². The Bertz CT molecular complexity index is 1090. The van der Waals surface area contributed by atoms with Gasteiger partial charge in [-0.25, -0.2) is 4.98 Å². The van der Waals surface area contributed by atoms with Crippen molar-refractivity contribution in [2.24, 2.45) is 5.92 Å². The summed E-state index contributed by atoms with van der Waals surface area (Å²) in [5.74, 6) is 1.36. The van der Waals surface area contributed by atoms with Crippen LogP contribution in [0.15, 0.2) is 54.7 Å². The number of hydrogen-bond acceptors (Lipinski definition) is 5. The average molecular weight is 471 g/mol. The number of hydrogen-bond donors (Lipinski definition) is 2.